The van der Waals surface area contributed by atoms with E-state index in [1.54, 1.807) is 17.2 Å². The highest BCUT2D eigenvalue weighted by Crippen LogP contribution is 2.26. The van der Waals surface area contributed by atoms with Crippen LogP contribution in [0.3, 0.4) is 0 Å². The number of anilines is 2. The SMILES string of the molecule is CN1CCN(c2ccnc(N)n2)C(C)(C)C1=O. The lowest BCUT2D eigenvalue weighted by Crippen LogP contribution is -2.62. The molecule has 2 rings (SSSR count). The normalized spacial score (nSPS) is 19.6. The third kappa shape index (κ3) is 1.90. The van der Waals surface area contributed by atoms with Crippen molar-refractivity contribution in [3.8, 4) is 0 Å². The van der Waals surface area contributed by atoms with Crippen molar-refractivity contribution >= 4 is 17.7 Å². The van der Waals surface area contributed by atoms with E-state index in [1.807, 2.05) is 25.8 Å². The molecule has 1 fully saturated rings. The molecule has 1 aromatic rings. The first kappa shape index (κ1) is 11.6. The molecule has 1 aromatic heterocycles. The second kappa shape index (κ2) is 3.87. The Kier molecular flexibility index (Phi) is 2.65. The van der Waals surface area contributed by atoms with Gasteiger partial charge in [-0.15, -0.1) is 0 Å². The van der Waals surface area contributed by atoms with Crippen LogP contribution < -0.4 is 10.6 Å². The van der Waals surface area contributed by atoms with Crippen molar-refractivity contribution in [3.63, 3.8) is 0 Å². The first-order valence-corrected chi connectivity index (χ1v) is 5.54. The van der Waals surface area contributed by atoms with Crippen molar-refractivity contribution in [1.29, 1.82) is 0 Å². The number of piperazine rings is 1. The number of carbonyl (C=O) groups excluding carboxylic acids is 1. The largest absolute Gasteiger partial charge is 0.368 e. The monoisotopic (exact) mass is 235 g/mol. The summed E-state index contributed by atoms with van der Waals surface area (Å²) in [5.41, 5.74) is 4.97. The van der Waals surface area contributed by atoms with Crippen LogP contribution in [0.5, 0.6) is 0 Å². The smallest absolute Gasteiger partial charge is 0.247 e. The summed E-state index contributed by atoms with van der Waals surface area (Å²) < 4.78 is 0. The number of likely N-dealkylation sites (N-methyl/N-ethyl adjacent to an activating group) is 1. The number of aromatic nitrogens is 2. The van der Waals surface area contributed by atoms with Crippen molar-refractivity contribution in [2.24, 2.45) is 0 Å². The number of rotatable bonds is 1. The standard InChI is InChI=1S/C11H17N5O/c1-11(2)9(17)15(3)6-7-16(11)8-4-5-13-10(12)14-8/h4-5H,6-7H2,1-3H3,(H2,12,13,14). The van der Waals surface area contributed by atoms with Gasteiger partial charge in [-0.25, -0.2) is 4.98 Å². The Morgan fingerprint density at radius 2 is 2.12 bits per heavy atom. The third-order valence-electron chi connectivity index (χ3n) is 3.14. The number of carbonyl (C=O) groups is 1. The molecule has 1 saturated heterocycles. The van der Waals surface area contributed by atoms with E-state index in [0.29, 0.717) is 12.4 Å². The van der Waals surface area contributed by atoms with Gasteiger partial charge in [0.2, 0.25) is 11.9 Å². The van der Waals surface area contributed by atoms with Gasteiger partial charge < -0.3 is 15.5 Å². The lowest BCUT2D eigenvalue weighted by molar-refractivity contribution is -0.136. The molecule has 0 spiro atoms. The van der Waals surface area contributed by atoms with Gasteiger partial charge in [0.15, 0.2) is 0 Å². The molecule has 1 amide bonds. The quantitative estimate of drug-likeness (QED) is 0.748. The maximum atomic E-state index is 12.1. The summed E-state index contributed by atoms with van der Waals surface area (Å²) in [6.45, 7) is 5.21. The number of hydrogen-bond acceptors (Lipinski definition) is 5. The van der Waals surface area contributed by atoms with Crippen LogP contribution in [-0.4, -0.2) is 46.5 Å². The number of amides is 1. The van der Waals surface area contributed by atoms with Crippen LogP contribution in [0.15, 0.2) is 12.3 Å². The van der Waals surface area contributed by atoms with Gasteiger partial charge >= 0.3 is 0 Å². The minimum Gasteiger partial charge on any atom is -0.368 e. The van der Waals surface area contributed by atoms with Crippen molar-refractivity contribution < 1.29 is 4.79 Å². The Bertz CT molecular complexity index is 445. The lowest BCUT2D eigenvalue weighted by Gasteiger charge is -2.45. The van der Waals surface area contributed by atoms with Gasteiger partial charge in [0, 0.05) is 26.3 Å². The molecule has 6 nitrogen and oxygen atoms in total. The summed E-state index contributed by atoms with van der Waals surface area (Å²) in [7, 11) is 1.82. The van der Waals surface area contributed by atoms with Crippen LogP contribution in [0.1, 0.15) is 13.8 Å². The Balaban J connectivity index is 2.36. The first-order valence-electron chi connectivity index (χ1n) is 5.54. The average molecular weight is 235 g/mol. The molecule has 0 aliphatic carbocycles. The molecule has 6 heteroatoms. The summed E-state index contributed by atoms with van der Waals surface area (Å²) >= 11 is 0. The maximum absolute atomic E-state index is 12.1. The van der Waals surface area contributed by atoms with E-state index >= 15 is 0 Å². The zero-order valence-electron chi connectivity index (χ0n) is 10.3. The highest BCUT2D eigenvalue weighted by Gasteiger charge is 2.41. The van der Waals surface area contributed by atoms with Gasteiger partial charge in [-0.05, 0) is 19.9 Å². The van der Waals surface area contributed by atoms with Crippen LogP contribution in [-0.2, 0) is 4.79 Å². The van der Waals surface area contributed by atoms with Gasteiger partial charge in [0.25, 0.3) is 0 Å². The summed E-state index contributed by atoms with van der Waals surface area (Å²) in [6, 6.07) is 1.77. The second-order valence-electron chi connectivity index (χ2n) is 4.71. The molecule has 2 heterocycles. The lowest BCUT2D eigenvalue weighted by atomic mass is 9.98. The molecule has 0 bridgehead atoms. The molecule has 1 aliphatic heterocycles. The Labute approximate surface area is 100 Å². The minimum atomic E-state index is -0.603. The second-order valence-corrected chi connectivity index (χ2v) is 4.71. The predicted octanol–water partition coefficient (Wildman–Crippen LogP) is 0.116. The van der Waals surface area contributed by atoms with Crippen LogP contribution in [0.2, 0.25) is 0 Å². The molecular weight excluding hydrogens is 218 g/mol. The van der Waals surface area contributed by atoms with E-state index in [4.69, 9.17) is 5.73 Å². The Hall–Kier alpha value is -1.85. The van der Waals surface area contributed by atoms with E-state index in [2.05, 4.69) is 9.97 Å². The summed E-state index contributed by atoms with van der Waals surface area (Å²) in [5.74, 6) is 1.01. The Morgan fingerprint density at radius 3 is 2.76 bits per heavy atom. The van der Waals surface area contributed by atoms with E-state index in [0.717, 1.165) is 6.54 Å². The zero-order chi connectivity index (χ0) is 12.6. The van der Waals surface area contributed by atoms with Crippen molar-refractivity contribution in [3.05, 3.63) is 12.3 Å². The Morgan fingerprint density at radius 1 is 1.41 bits per heavy atom. The number of hydrogen-bond donors (Lipinski definition) is 1. The van der Waals surface area contributed by atoms with Gasteiger partial charge in [0.05, 0.1) is 0 Å². The number of nitrogens with two attached hydrogens (primary N) is 1. The maximum Gasteiger partial charge on any atom is 0.247 e. The topological polar surface area (TPSA) is 75.3 Å². The van der Waals surface area contributed by atoms with Crippen LogP contribution in [0, 0.1) is 0 Å². The minimum absolute atomic E-state index is 0.0842. The first-order chi connectivity index (χ1) is 7.93. The summed E-state index contributed by atoms with van der Waals surface area (Å²) in [5, 5.41) is 0. The third-order valence-corrected chi connectivity index (χ3v) is 3.14. The summed E-state index contributed by atoms with van der Waals surface area (Å²) in [4.78, 5) is 23.9. The molecular formula is C11H17N5O. The molecule has 0 aromatic carbocycles. The molecule has 17 heavy (non-hydrogen) atoms. The van der Waals surface area contributed by atoms with Gasteiger partial charge in [-0.2, -0.15) is 4.98 Å². The van der Waals surface area contributed by atoms with Crippen molar-refractivity contribution in [1.82, 2.24) is 14.9 Å². The fraction of sp³-hybridized carbons (Fsp3) is 0.545. The summed E-state index contributed by atoms with van der Waals surface area (Å²) in [6.07, 6.45) is 1.61. The van der Waals surface area contributed by atoms with E-state index < -0.39 is 5.54 Å². The molecule has 0 unspecified atom stereocenters. The van der Waals surface area contributed by atoms with E-state index in [1.165, 1.54) is 0 Å². The molecule has 0 radical (unpaired) electrons. The van der Waals surface area contributed by atoms with Gasteiger partial charge in [0.1, 0.15) is 11.4 Å². The van der Waals surface area contributed by atoms with Crippen molar-refractivity contribution in [2.45, 2.75) is 19.4 Å². The fourth-order valence-electron chi connectivity index (χ4n) is 2.13. The van der Waals surface area contributed by atoms with Gasteiger partial charge in [-0.1, -0.05) is 0 Å². The molecule has 0 saturated carbocycles. The van der Waals surface area contributed by atoms with Crippen molar-refractivity contribution in [2.75, 3.05) is 30.8 Å². The number of nitrogen functional groups attached to an aromatic ring is 1. The molecule has 1 aliphatic rings. The highest BCUT2D eigenvalue weighted by atomic mass is 16.2. The zero-order valence-corrected chi connectivity index (χ0v) is 10.3. The molecule has 92 valence electrons. The fourth-order valence-corrected chi connectivity index (χ4v) is 2.13. The van der Waals surface area contributed by atoms with Gasteiger partial charge in [-0.3, -0.25) is 4.79 Å². The molecule has 2 N–H and O–H groups in total. The van der Waals surface area contributed by atoms with E-state index in [9.17, 15) is 4.79 Å². The van der Waals surface area contributed by atoms with Crippen LogP contribution in [0.25, 0.3) is 0 Å². The van der Waals surface area contributed by atoms with Crippen LogP contribution >= 0.6 is 0 Å². The molecule has 0 atom stereocenters. The van der Waals surface area contributed by atoms with E-state index in [-0.39, 0.29) is 11.9 Å². The predicted molar refractivity (Wildman–Crippen MR) is 65.5 cm³/mol. The number of nitrogens with zero attached hydrogens (tertiary/aromatic N) is 4. The average Bonchev–Trinajstić information content (AvgIpc) is 2.26. The highest BCUT2D eigenvalue weighted by molar-refractivity contribution is 5.90. The van der Waals surface area contributed by atoms with Crippen LogP contribution in [0.4, 0.5) is 11.8 Å².